The first-order valence-electron chi connectivity index (χ1n) is 6.04. The zero-order chi connectivity index (χ0) is 13.4. The average molecular weight is 273 g/mol. The maximum absolute atomic E-state index is 13.1. The molecule has 0 aliphatic heterocycles. The quantitative estimate of drug-likeness (QED) is 0.749. The average Bonchev–Trinajstić information content (AvgIpc) is 2.36. The maximum Gasteiger partial charge on any atom is 0.221 e. The van der Waals surface area contributed by atoms with Crippen molar-refractivity contribution in [1.29, 1.82) is 0 Å². The van der Waals surface area contributed by atoms with Crippen molar-refractivity contribution in [3.63, 3.8) is 0 Å². The molecule has 0 saturated carbocycles. The maximum atomic E-state index is 13.1. The highest BCUT2D eigenvalue weighted by atomic mass is 35.5. The SMILES string of the molecule is CCCNC(=O)CCNCc1ccc(Cl)c(F)c1. The predicted octanol–water partition coefficient (Wildman–Crippen LogP) is 2.49. The molecular weight excluding hydrogens is 255 g/mol. The van der Waals surface area contributed by atoms with Crippen LogP contribution in [0.3, 0.4) is 0 Å². The van der Waals surface area contributed by atoms with Crippen LogP contribution in [0.4, 0.5) is 4.39 Å². The molecule has 0 fully saturated rings. The number of carbonyl (C=O) groups excluding carboxylic acids is 1. The van der Waals surface area contributed by atoms with Gasteiger partial charge in [-0.05, 0) is 24.1 Å². The summed E-state index contributed by atoms with van der Waals surface area (Å²) in [6.07, 6.45) is 1.36. The van der Waals surface area contributed by atoms with Crippen LogP contribution in [0.2, 0.25) is 5.02 Å². The Morgan fingerprint density at radius 2 is 2.17 bits per heavy atom. The standard InChI is InChI=1S/C13H18ClFN2O/c1-2-6-17-13(18)5-7-16-9-10-3-4-11(14)12(15)8-10/h3-4,8,16H,2,5-7,9H2,1H3,(H,17,18). The largest absolute Gasteiger partial charge is 0.356 e. The molecule has 0 aliphatic carbocycles. The highest BCUT2D eigenvalue weighted by Gasteiger charge is 2.02. The minimum atomic E-state index is -0.420. The van der Waals surface area contributed by atoms with Crippen molar-refractivity contribution in [3.8, 4) is 0 Å². The summed E-state index contributed by atoms with van der Waals surface area (Å²) < 4.78 is 13.1. The first-order valence-corrected chi connectivity index (χ1v) is 6.42. The van der Waals surface area contributed by atoms with Crippen molar-refractivity contribution in [2.24, 2.45) is 0 Å². The van der Waals surface area contributed by atoms with Crippen LogP contribution in [0, 0.1) is 5.82 Å². The van der Waals surface area contributed by atoms with Gasteiger partial charge >= 0.3 is 0 Å². The molecule has 0 saturated heterocycles. The van der Waals surface area contributed by atoms with E-state index in [0.29, 0.717) is 26.1 Å². The molecule has 1 rings (SSSR count). The van der Waals surface area contributed by atoms with Crippen LogP contribution in [0.5, 0.6) is 0 Å². The number of hydrogen-bond donors (Lipinski definition) is 2. The summed E-state index contributed by atoms with van der Waals surface area (Å²) in [5.74, 6) is -0.386. The lowest BCUT2D eigenvalue weighted by Gasteiger charge is -2.06. The Labute approximate surface area is 112 Å². The second-order valence-corrected chi connectivity index (χ2v) is 4.43. The lowest BCUT2D eigenvalue weighted by molar-refractivity contribution is -0.120. The van der Waals surface area contributed by atoms with E-state index in [2.05, 4.69) is 10.6 Å². The molecule has 0 heterocycles. The Bertz CT molecular complexity index is 399. The Kier molecular flexibility index (Phi) is 6.68. The number of hydrogen-bond acceptors (Lipinski definition) is 2. The molecule has 1 amide bonds. The summed E-state index contributed by atoms with van der Waals surface area (Å²) in [6, 6.07) is 4.68. The summed E-state index contributed by atoms with van der Waals surface area (Å²) >= 11 is 5.58. The first-order chi connectivity index (χ1) is 8.63. The molecule has 1 aromatic rings. The van der Waals surface area contributed by atoms with Crippen LogP contribution < -0.4 is 10.6 Å². The Balaban J connectivity index is 2.21. The van der Waals surface area contributed by atoms with Gasteiger partial charge in [-0.25, -0.2) is 4.39 Å². The third-order valence-electron chi connectivity index (χ3n) is 2.41. The number of halogens is 2. The summed E-state index contributed by atoms with van der Waals surface area (Å²) in [4.78, 5) is 11.3. The molecule has 5 heteroatoms. The minimum Gasteiger partial charge on any atom is -0.356 e. The van der Waals surface area contributed by atoms with Gasteiger partial charge < -0.3 is 10.6 Å². The molecule has 0 unspecified atom stereocenters. The molecule has 0 atom stereocenters. The number of benzene rings is 1. The second-order valence-electron chi connectivity index (χ2n) is 4.03. The fraction of sp³-hybridized carbons (Fsp3) is 0.462. The van der Waals surface area contributed by atoms with Crippen molar-refractivity contribution >= 4 is 17.5 Å². The van der Waals surface area contributed by atoms with E-state index in [1.165, 1.54) is 12.1 Å². The molecule has 0 spiro atoms. The van der Waals surface area contributed by atoms with E-state index in [4.69, 9.17) is 11.6 Å². The third kappa shape index (κ3) is 5.47. The summed E-state index contributed by atoms with van der Waals surface area (Å²) in [7, 11) is 0. The van der Waals surface area contributed by atoms with Crippen LogP contribution in [0.15, 0.2) is 18.2 Å². The third-order valence-corrected chi connectivity index (χ3v) is 2.72. The van der Waals surface area contributed by atoms with E-state index in [9.17, 15) is 9.18 Å². The minimum absolute atomic E-state index is 0.0339. The van der Waals surface area contributed by atoms with Gasteiger partial charge in [0.1, 0.15) is 5.82 Å². The van der Waals surface area contributed by atoms with Crippen molar-refractivity contribution in [3.05, 3.63) is 34.6 Å². The number of nitrogens with one attached hydrogen (secondary N) is 2. The molecular formula is C13H18ClFN2O. The monoisotopic (exact) mass is 272 g/mol. The molecule has 0 aromatic heterocycles. The fourth-order valence-corrected chi connectivity index (χ4v) is 1.55. The lowest BCUT2D eigenvalue weighted by atomic mass is 10.2. The van der Waals surface area contributed by atoms with E-state index in [0.717, 1.165) is 12.0 Å². The lowest BCUT2D eigenvalue weighted by Crippen LogP contribution is -2.28. The number of amides is 1. The molecule has 0 aliphatic rings. The van der Waals surface area contributed by atoms with Gasteiger partial charge in [0.05, 0.1) is 5.02 Å². The van der Waals surface area contributed by atoms with Crippen molar-refractivity contribution in [2.75, 3.05) is 13.1 Å². The summed E-state index contributed by atoms with van der Waals surface area (Å²) in [5, 5.41) is 6.00. The van der Waals surface area contributed by atoms with Crippen molar-refractivity contribution in [2.45, 2.75) is 26.3 Å². The van der Waals surface area contributed by atoms with Crippen LogP contribution in [-0.4, -0.2) is 19.0 Å². The van der Waals surface area contributed by atoms with Gasteiger partial charge in [0.25, 0.3) is 0 Å². The van der Waals surface area contributed by atoms with E-state index in [-0.39, 0.29) is 10.9 Å². The van der Waals surface area contributed by atoms with E-state index in [1.54, 1.807) is 6.07 Å². The van der Waals surface area contributed by atoms with Gasteiger partial charge in [-0.2, -0.15) is 0 Å². The molecule has 1 aromatic carbocycles. The van der Waals surface area contributed by atoms with Crippen LogP contribution in [0.1, 0.15) is 25.3 Å². The van der Waals surface area contributed by atoms with Crippen LogP contribution in [-0.2, 0) is 11.3 Å². The fourth-order valence-electron chi connectivity index (χ4n) is 1.44. The van der Waals surface area contributed by atoms with E-state index >= 15 is 0 Å². The molecule has 2 N–H and O–H groups in total. The molecule has 18 heavy (non-hydrogen) atoms. The predicted molar refractivity (Wildman–Crippen MR) is 71.0 cm³/mol. The van der Waals surface area contributed by atoms with Crippen molar-refractivity contribution < 1.29 is 9.18 Å². The Morgan fingerprint density at radius 3 is 2.83 bits per heavy atom. The summed E-state index contributed by atoms with van der Waals surface area (Å²) in [6.45, 7) is 3.81. The van der Waals surface area contributed by atoms with Gasteiger partial charge in [0.2, 0.25) is 5.91 Å². The smallest absolute Gasteiger partial charge is 0.221 e. The van der Waals surface area contributed by atoms with Gasteiger partial charge in [0.15, 0.2) is 0 Å². The number of rotatable bonds is 7. The molecule has 0 radical (unpaired) electrons. The Morgan fingerprint density at radius 1 is 1.39 bits per heavy atom. The van der Waals surface area contributed by atoms with Gasteiger partial charge in [0, 0.05) is 26.1 Å². The molecule has 100 valence electrons. The zero-order valence-corrected chi connectivity index (χ0v) is 11.2. The normalized spacial score (nSPS) is 10.4. The second kappa shape index (κ2) is 8.06. The highest BCUT2D eigenvalue weighted by molar-refractivity contribution is 6.30. The number of carbonyl (C=O) groups is 1. The topological polar surface area (TPSA) is 41.1 Å². The van der Waals surface area contributed by atoms with E-state index < -0.39 is 5.82 Å². The van der Waals surface area contributed by atoms with Gasteiger partial charge in [-0.3, -0.25) is 4.79 Å². The van der Waals surface area contributed by atoms with Crippen molar-refractivity contribution in [1.82, 2.24) is 10.6 Å². The van der Waals surface area contributed by atoms with Crippen LogP contribution in [0.25, 0.3) is 0 Å². The van der Waals surface area contributed by atoms with Crippen LogP contribution >= 0.6 is 11.6 Å². The summed E-state index contributed by atoms with van der Waals surface area (Å²) in [5.41, 5.74) is 0.811. The first kappa shape index (κ1) is 14.9. The molecule has 3 nitrogen and oxygen atoms in total. The van der Waals surface area contributed by atoms with E-state index in [1.807, 2.05) is 6.92 Å². The zero-order valence-electron chi connectivity index (χ0n) is 10.4. The Hall–Kier alpha value is -1.13. The highest BCUT2D eigenvalue weighted by Crippen LogP contribution is 2.15. The van der Waals surface area contributed by atoms with Gasteiger partial charge in [-0.15, -0.1) is 0 Å². The van der Waals surface area contributed by atoms with Gasteiger partial charge in [-0.1, -0.05) is 24.6 Å². The molecule has 0 bridgehead atoms.